The Bertz CT molecular complexity index is 689. The molecule has 0 saturated heterocycles. The highest BCUT2D eigenvalue weighted by atomic mass is 19.1. The largest absolute Gasteiger partial charge is 0.481 e. The van der Waals surface area contributed by atoms with Crippen LogP contribution in [0.3, 0.4) is 0 Å². The van der Waals surface area contributed by atoms with Gasteiger partial charge in [0.1, 0.15) is 17.5 Å². The zero-order valence-corrected chi connectivity index (χ0v) is 10.8. The van der Waals surface area contributed by atoms with Crippen LogP contribution >= 0.6 is 0 Å². The summed E-state index contributed by atoms with van der Waals surface area (Å²) < 4.78 is 40.2. The van der Waals surface area contributed by atoms with E-state index in [1.165, 1.54) is 12.1 Å². The van der Waals surface area contributed by atoms with Crippen LogP contribution in [0.4, 0.5) is 13.2 Å². The number of aliphatic carboxylic acids is 1. The third-order valence-corrected chi connectivity index (χ3v) is 2.98. The average Bonchev–Trinajstić information content (AvgIpc) is 2.37. The second-order valence-electron chi connectivity index (χ2n) is 4.60. The van der Waals surface area contributed by atoms with Crippen molar-refractivity contribution in [3.05, 3.63) is 59.4 Å². The van der Waals surface area contributed by atoms with Crippen LogP contribution in [0, 0.1) is 17.5 Å². The molecule has 0 aliphatic heterocycles. The molecule has 0 radical (unpaired) electrons. The SMILES string of the molecule is N[C@@H](CC(=O)O)c1cc(F)cc(-c2ccc(F)cc2F)c1. The first-order chi connectivity index (χ1) is 9.86. The van der Waals surface area contributed by atoms with Gasteiger partial charge in [0, 0.05) is 17.7 Å². The summed E-state index contributed by atoms with van der Waals surface area (Å²) in [5, 5.41) is 8.70. The first-order valence-corrected chi connectivity index (χ1v) is 6.10. The van der Waals surface area contributed by atoms with E-state index in [0.717, 1.165) is 18.2 Å². The summed E-state index contributed by atoms with van der Waals surface area (Å²) in [5.74, 6) is -3.37. The summed E-state index contributed by atoms with van der Waals surface area (Å²) in [6.45, 7) is 0. The van der Waals surface area contributed by atoms with Gasteiger partial charge in [0.05, 0.1) is 6.42 Å². The Morgan fingerprint density at radius 2 is 1.81 bits per heavy atom. The molecule has 1 atom stereocenters. The van der Waals surface area contributed by atoms with Gasteiger partial charge in [0.25, 0.3) is 0 Å². The summed E-state index contributed by atoms with van der Waals surface area (Å²) in [5.41, 5.74) is 6.09. The van der Waals surface area contributed by atoms with Crippen molar-refractivity contribution in [2.45, 2.75) is 12.5 Å². The molecule has 0 aliphatic rings. The Morgan fingerprint density at radius 3 is 2.43 bits per heavy atom. The predicted octanol–water partition coefficient (Wildman–Crippen LogP) is 3.25. The fourth-order valence-electron chi connectivity index (χ4n) is 2.01. The van der Waals surface area contributed by atoms with E-state index in [-0.39, 0.29) is 23.1 Å². The minimum absolute atomic E-state index is 0.0136. The fraction of sp³-hybridized carbons (Fsp3) is 0.133. The lowest BCUT2D eigenvalue weighted by molar-refractivity contribution is -0.137. The van der Waals surface area contributed by atoms with E-state index in [2.05, 4.69) is 0 Å². The van der Waals surface area contributed by atoms with Crippen LogP contribution in [-0.2, 0) is 4.79 Å². The van der Waals surface area contributed by atoms with Crippen molar-refractivity contribution in [1.82, 2.24) is 0 Å². The maximum Gasteiger partial charge on any atom is 0.305 e. The fourth-order valence-corrected chi connectivity index (χ4v) is 2.01. The number of carbonyl (C=O) groups is 1. The number of carboxylic acids is 1. The van der Waals surface area contributed by atoms with E-state index in [1.54, 1.807) is 0 Å². The minimum atomic E-state index is -1.12. The molecule has 2 rings (SSSR count). The number of nitrogens with two attached hydrogens (primary N) is 1. The number of hydrogen-bond acceptors (Lipinski definition) is 2. The summed E-state index contributed by atoms with van der Waals surface area (Å²) in [4.78, 5) is 10.6. The van der Waals surface area contributed by atoms with Gasteiger partial charge >= 0.3 is 5.97 Å². The van der Waals surface area contributed by atoms with E-state index in [4.69, 9.17) is 10.8 Å². The molecule has 110 valence electrons. The van der Waals surface area contributed by atoms with Gasteiger partial charge in [-0.1, -0.05) is 0 Å². The van der Waals surface area contributed by atoms with Gasteiger partial charge < -0.3 is 10.8 Å². The van der Waals surface area contributed by atoms with Crippen molar-refractivity contribution in [3.63, 3.8) is 0 Å². The molecule has 0 heterocycles. The van der Waals surface area contributed by atoms with E-state index < -0.39 is 29.5 Å². The first kappa shape index (κ1) is 15.1. The molecule has 0 saturated carbocycles. The molecule has 2 aromatic carbocycles. The summed E-state index contributed by atoms with van der Waals surface area (Å²) >= 11 is 0. The van der Waals surface area contributed by atoms with Gasteiger partial charge in [-0.05, 0) is 41.5 Å². The van der Waals surface area contributed by atoms with Gasteiger partial charge in [-0.15, -0.1) is 0 Å². The quantitative estimate of drug-likeness (QED) is 0.910. The maximum absolute atomic E-state index is 13.7. The lowest BCUT2D eigenvalue weighted by Gasteiger charge is -2.12. The second kappa shape index (κ2) is 5.97. The normalized spacial score (nSPS) is 12.2. The molecule has 3 N–H and O–H groups in total. The average molecular weight is 295 g/mol. The molecule has 3 nitrogen and oxygen atoms in total. The molecule has 0 amide bonds. The van der Waals surface area contributed by atoms with Crippen molar-refractivity contribution >= 4 is 5.97 Å². The Balaban J connectivity index is 2.45. The first-order valence-electron chi connectivity index (χ1n) is 6.10. The van der Waals surface area contributed by atoms with Crippen LogP contribution in [-0.4, -0.2) is 11.1 Å². The Morgan fingerprint density at radius 1 is 1.10 bits per heavy atom. The molecular formula is C15H12F3NO2. The van der Waals surface area contributed by atoms with Crippen molar-refractivity contribution in [1.29, 1.82) is 0 Å². The van der Waals surface area contributed by atoms with Crippen LogP contribution in [0.25, 0.3) is 11.1 Å². The summed E-state index contributed by atoms with van der Waals surface area (Å²) in [6, 6.07) is 5.59. The molecular weight excluding hydrogens is 283 g/mol. The van der Waals surface area contributed by atoms with Crippen LogP contribution in [0.1, 0.15) is 18.0 Å². The van der Waals surface area contributed by atoms with Gasteiger partial charge in [0.15, 0.2) is 0 Å². The van der Waals surface area contributed by atoms with E-state index in [0.29, 0.717) is 6.07 Å². The number of hydrogen-bond donors (Lipinski definition) is 2. The standard InChI is InChI=1S/C15H12F3NO2/c16-10-1-2-12(13(18)6-10)8-3-9(5-11(17)4-8)14(19)7-15(20)21/h1-6,14H,7,19H2,(H,20,21)/t14-/m0/s1. The van der Waals surface area contributed by atoms with Gasteiger partial charge in [0.2, 0.25) is 0 Å². The monoisotopic (exact) mass is 295 g/mol. The number of rotatable bonds is 4. The molecule has 21 heavy (non-hydrogen) atoms. The zero-order chi connectivity index (χ0) is 15.6. The van der Waals surface area contributed by atoms with Crippen molar-refractivity contribution in [3.8, 4) is 11.1 Å². The van der Waals surface area contributed by atoms with Crippen LogP contribution < -0.4 is 5.73 Å². The number of benzene rings is 2. The Labute approximate surface area is 118 Å². The lowest BCUT2D eigenvalue weighted by Crippen LogP contribution is -2.15. The van der Waals surface area contributed by atoms with Gasteiger partial charge in [-0.2, -0.15) is 0 Å². The molecule has 0 spiro atoms. The molecule has 0 fully saturated rings. The topological polar surface area (TPSA) is 63.3 Å². The maximum atomic E-state index is 13.7. The van der Waals surface area contributed by atoms with E-state index in [9.17, 15) is 18.0 Å². The molecule has 6 heteroatoms. The van der Waals surface area contributed by atoms with Crippen LogP contribution in [0.5, 0.6) is 0 Å². The smallest absolute Gasteiger partial charge is 0.305 e. The molecule has 0 unspecified atom stereocenters. The number of carboxylic acid groups (broad SMARTS) is 1. The zero-order valence-electron chi connectivity index (χ0n) is 10.8. The highest BCUT2D eigenvalue weighted by Gasteiger charge is 2.15. The minimum Gasteiger partial charge on any atom is -0.481 e. The third-order valence-electron chi connectivity index (χ3n) is 2.98. The molecule has 0 aromatic heterocycles. The Kier molecular flexibility index (Phi) is 4.28. The van der Waals surface area contributed by atoms with Crippen molar-refractivity contribution < 1.29 is 23.1 Å². The molecule has 2 aromatic rings. The highest BCUT2D eigenvalue weighted by Crippen LogP contribution is 2.27. The number of halogens is 3. The summed E-state index contributed by atoms with van der Waals surface area (Å²) in [7, 11) is 0. The van der Waals surface area contributed by atoms with Crippen molar-refractivity contribution in [2.75, 3.05) is 0 Å². The van der Waals surface area contributed by atoms with Gasteiger partial charge in [-0.25, -0.2) is 13.2 Å². The molecule has 0 aliphatic carbocycles. The Hall–Kier alpha value is -2.34. The highest BCUT2D eigenvalue weighted by molar-refractivity contribution is 5.69. The van der Waals surface area contributed by atoms with Gasteiger partial charge in [-0.3, -0.25) is 4.79 Å². The van der Waals surface area contributed by atoms with E-state index >= 15 is 0 Å². The predicted molar refractivity (Wildman–Crippen MR) is 70.9 cm³/mol. The van der Waals surface area contributed by atoms with Crippen molar-refractivity contribution in [2.24, 2.45) is 5.73 Å². The second-order valence-corrected chi connectivity index (χ2v) is 4.60. The lowest BCUT2D eigenvalue weighted by atomic mass is 9.97. The van der Waals surface area contributed by atoms with Crippen LogP contribution in [0.2, 0.25) is 0 Å². The van der Waals surface area contributed by atoms with Crippen LogP contribution in [0.15, 0.2) is 36.4 Å². The third kappa shape index (κ3) is 3.61. The summed E-state index contributed by atoms with van der Waals surface area (Å²) in [6.07, 6.45) is -0.380. The van der Waals surface area contributed by atoms with E-state index in [1.807, 2.05) is 0 Å². The molecule has 0 bridgehead atoms.